The van der Waals surface area contributed by atoms with Crippen LogP contribution in [0.5, 0.6) is 0 Å². The zero-order chi connectivity index (χ0) is 14.0. The summed E-state index contributed by atoms with van der Waals surface area (Å²) in [5, 5.41) is 0. The average molecular weight is 292 g/mol. The molecule has 0 bridgehead atoms. The van der Waals surface area contributed by atoms with Crippen molar-refractivity contribution in [2.75, 3.05) is 18.8 Å². The normalized spacial score (nSPS) is 15.2. The molecule has 1 heterocycles. The predicted molar refractivity (Wildman–Crippen MR) is 91.6 cm³/mol. The van der Waals surface area contributed by atoms with Crippen LogP contribution in [-0.2, 0) is 13.0 Å². The molecule has 0 radical (unpaired) electrons. The van der Waals surface area contributed by atoms with E-state index in [0.717, 1.165) is 12.3 Å². The highest BCUT2D eigenvalue weighted by molar-refractivity contribution is 7.80. The van der Waals surface area contributed by atoms with Gasteiger partial charge in [0.15, 0.2) is 0 Å². The lowest BCUT2D eigenvalue weighted by molar-refractivity contribution is 0.248. The van der Waals surface area contributed by atoms with E-state index >= 15 is 0 Å². The molecule has 1 nitrogen and oxygen atoms in total. The third-order valence-electron chi connectivity index (χ3n) is 4.34. The zero-order valence-electron chi connectivity index (χ0n) is 12.7. The molecule has 0 saturated heterocycles. The van der Waals surface area contributed by atoms with E-state index in [1.54, 1.807) is 11.1 Å². The molecule has 1 aliphatic heterocycles. The van der Waals surface area contributed by atoms with Gasteiger partial charge in [-0.2, -0.15) is 12.6 Å². The van der Waals surface area contributed by atoms with Gasteiger partial charge in [-0.25, -0.2) is 0 Å². The Balaban J connectivity index is 1.53. The Morgan fingerprint density at radius 3 is 2.25 bits per heavy atom. The number of hydrogen-bond donors (Lipinski definition) is 1. The van der Waals surface area contributed by atoms with Crippen LogP contribution in [0.3, 0.4) is 0 Å². The monoisotopic (exact) mass is 291 g/mol. The molecule has 0 aliphatic carbocycles. The Bertz CT molecular complexity index is 377. The fourth-order valence-electron chi connectivity index (χ4n) is 3.08. The van der Waals surface area contributed by atoms with Crippen LogP contribution in [0.2, 0.25) is 0 Å². The van der Waals surface area contributed by atoms with E-state index in [-0.39, 0.29) is 0 Å². The molecule has 1 aliphatic rings. The summed E-state index contributed by atoms with van der Waals surface area (Å²) in [6, 6.07) is 8.93. The highest BCUT2D eigenvalue weighted by Gasteiger charge is 2.14. The second kappa shape index (κ2) is 9.46. The Morgan fingerprint density at radius 2 is 1.50 bits per heavy atom. The van der Waals surface area contributed by atoms with Crippen molar-refractivity contribution in [2.24, 2.45) is 0 Å². The smallest absolute Gasteiger partial charge is 0.0236 e. The lowest BCUT2D eigenvalue weighted by atomic mass is 9.99. The maximum atomic E-state index is 4.25. The van der Waals surface area contributed by atoms with E-state index in [0.29, 0.717) is 0 Å². The van der Waals surface area contributed by atoms with Crippen molar-refractivity contribution in [3.05, 3.63) is 35.4 Å². The van der Waals surface area contributed by atoms with Crippen molar-refractivity contribution >= 4 is 12.6 Å². The molecule has 0 N–H and O–H groups in total. The molecule has 2 heteroatoms. The number of unbranched alkanes of at least 4 members (excludes halogenated alkanes) is 6. The molecule has 0 atom stereocenters. The van der Waals surface area contributed by atoms with E-state index in [9.17, 15) is 0 Å². The van der Waals surface area contributed by atoms with E-state index in [4.69, 9.17) is 0 Å². The van der Waals surface area contributed by atoms with Gasteiger partial charge in [-0.3, -0.25) is 4.90 Å². The molecule has 0 fully saturated rings. The minimum Gasteiger partial charge on any atom is -0.299 e. The van der Waals surface area contributed by atoms with Crippen molar-refractivity contribution in [3.63, 3.8) is 0 Å². The summed E-state index contributed by atoms with van der Waals surface area (Å²) < 4.78 is 0. The average Bonchev–Trinajstić information content (AvgIpc) is 2.50. The summed E-state index contributed by atoms with van der Waals surface area (Å²) in [6.07, 6.45) is 10.9. The number of thiol groups is 1. The minimum atomic E-state index is 1.05. The quantitative estimate of drug-likeness (QED) is 0.509. The molecular weight excluding hydrogens is 262 g/mol. The molecule has 112 valence electrons. The van der Waals surface area contributed by atoms with Gasteiger partial charge in [0.25, 0.3) is 0 Å². The third kappa shape index (κ3) is 5.49. The second-order valence-corrected chi connectivity index (χ2v) is 6.44. The molecule has 1 aromatic carbocycles. The van der Waals surface area contributed by atoms with Gasteiger partial charge < -0.3 is 0 Å². The lowest BCUT2D eigenvalue weighted by Crippen LogP contribution is -2.31. The van der Waals surface area contributed by atoms with E-state index in [1.165, 1.54) is 64.5 Å². The van der Waals surface area contributed by atoms with Crippen molar-refractivity contribution in [1.82, 2.24) is 4.90 Å². The van der Waals surface area contributed by atoms with Gasteiger partial charge in [0.1, 0.15) is 0 Å². The van der Waals surface area contributed by atoms with Gasteiger partial charge in [-0.15, -0.1) is 0 Å². The number of rotatable bonds is 9. The van der Waals surface area contributed by atoms with Crippen LogP contribution >= 0.6 is 12.6 Å². The fraction of sp³-hybridized carbons (Fsp3) is 0.667. The summed E-state index contributed by atoms with van der Waals surface area (Å²) in [4.78, 5) is 2.63. The summed E-state index contributed by atoms with van der Waals surface area (Å²) in [6.45, 7) is 3.70. The minimum absolute atomic E-state index is 1.05. The largest absolute Gasteiger partial charge is 0.299 e. The summed E-state index contributed by atoms with van der Waals surface area (Å²) in [5.74, 6) is 1.05. The first kappa shape index (κ1) is 15.9. The van der Waals surface area contributed by atoms with Crippen molar-refractivity contribution < 1.29 is 0 Å². The van der Waals surface area contributed by atoms with E-state index in [2.05, 4.69) is 41.8 Å². The predicted octanol–water partition coefficient (Wildman–Crippen LogP) is 4.71. The van der Waals surface area contributed by atoms with Crippen LogP contribution in [-0.4, -0.2) is 23.7 Å². The Morgan fingerprint density at radius 1 is 0.850 bits per heavy atom. The number of nitrogens with zero attached hydrogens (tertiary/aromatic N) is 1. The second-order valence-electron chi connectivity index (χ2n) is 5.99. The maximum absolute atomic E-state index is 4.25. The van der Waals surface area contributed by atoms with Gasteiger partial charge in [0.05, 0.1) is 0 Å². The molecular formula is C18H29NS. The van der Waals surface area contributed by atoms with Crippen molar-refractivity contribution in [3.8, 4) is 0 Å². The van der Waals surface area contributed by atoms with Gasteiger partial charge >= 0.3 is 0 Å². The summed E-state index contributed by atoms with van der Waals surface area (Å²) in [5.41, 5.74) is 3.11. The number of fused-ring (bicyclic) bond motifs is 1. The summed E-state index contributed by atoms with van der Waals surface area (Å²) >= 11 is 4.25. The fourth-order valence-corrected chi connectivity index (χ4v) is 3.30. The summed E-state index contributed by atoms with van der Waals surface area (Å²) in [7, 11) is 0. The topological polar surface area (TPSA) is 3.24 Å². The molecule has 0 spiro atoms. The SMILES string of the molecule is SCCCCCCCCCN1CCc2ccccc2C1. The van der Waals surface area contributed by atoms with Gasteiger partial charge in [0, 0.05) is 13.1 Å². The van der Waals surface area contributed by atoms with Crippen molar-refractivity contribution in [1.29, 1.82) is 0 Å². The maximum Gasteiger partial charge on any atom is 0.0236 e. The first-order valence-electron chi connectivity index (χ1n) is 8.30. The van der Waals surface area contributed by atoms with Crippen LogP contribution in [0.1, 0.15) is 56.1 Å². The molecule has 1 aromatic rings. The van der Waals surface area contributed by atoms with E-state index in [1.807, 2.05) is 0 Å². The highest BCUT2D eigenvalue weighted by atomic mass is 32.1. The molecule has 0 aromatic heterocycles. The van der Waals surface area contributed by atoms with Crippen LogP contribution < -0.4 is 0 Å². The van der Waals surface area contributed by atoms with Crippen LogP contribution in [0, 0.1) is 0 Å². The van der Waals surface area contributed by atoms with Crippen LogP contribution in [0.4, 0.5) is 0 Å². The Kier molecular flexibility index (Phi) is 7.53. The third-order valence-corrected chi connectivity index (χ3v) is 4.66. The van der Waals surface area contributed by atoms with Crippen LogP contribution in [0.15, 0.2) is 24.3 Å². The number of benzene rings is 1. The van der Waals surface area contributed by atoms with Gasteiger partial charge in [0.2, 0.25) is 0 Å². The van der Waals surface area contributed by atoms with E-state index < -0.39 is 0 Å². The highest BCUT2D eigenvalue weighted by Crippen LogP contribution is 2.19. The molecule has 0 amide bonds. The Labute approximate surface area is 130 Å². The number of hydrogen-bond acceptors (Lipinski definition) is 2. The first-order chi connectivity index (χ1) is 9.90. The van der Waals surface area contributed by atoms with Crippen molar-refractivity contribution in [2.45, 2.75) is 57.9 Å². The molecule has 0 saturated carbocycles. The lowest BCUT2D eigenvalue weighted by Gasteiger charge is -2.28. The van der Waals surface area contributed by atoms with Gasteiger partial charge in [-0.1, -0.05) is 56.4 Å². The van der Waals surface area contributed by atoms with Crippen LogP contribution in [0.25, 0.3) is 0 Å². The standard InChI is InChI=1S/C18H29NS/c20-15-9-5-3-1-2-4-8-13-19-14-12-17-10-6-7-11-18(17)16-19/h6-7,10-11,20H,1-5,8-9,12-16H2. The zero-order valence-corrected chi connectivity index (χ0v) is 13.6. The molecule has 2 rings (SSSR count). The first-order valence-corrected chi connectivity index (χ1v) is 8.93. The van der Waals surface area contributed by atoms with Gasteiger partial charge in [-0.05, 0) is 42.7 Å². The Hall–Kier alpha value is -0.470. The molecule has 0 unspecified atom stereocenters. The molecule has 20 heavy (non-hydrogen) atoms.